The minimum absolute atomic E-state index is 0.178. The summed E-state index contributed by atoms with van der Waals surface area (Å²) >= 11 is 7.72. The first-order valence-electron chi connectivity index (χ1n) is 7.33. The van der Waals surface area contributed by atoms with Crippen molar-refractivity contribution in [2.45, 2.75) is 32.2 Å². The molecule has 4 nitrogen and oxygen atoms in total. The van der Waals surface area contributed by atoms with Crippen molar-refractivity contribution in [3.05, 3.63) is 58.1 Å². The Kier molecular flexibility index (Phi) is 5.98. The topological polar surface area (TPSA) is 61.1 Å². The van der Waals surface area contributed by atoms with E-state index in [9.17, 15) is 13.0 Å². The summed E-state index contributed by atoms with van der Waals surface area (Å²) in [5.74, 6) is 0. The Bertz CT molecular complexity index is 948. The number of halogens is 1. The lowest BCUT2D eigenvalue weighted by molar-refractivity contribution is -0.669. The highest BCUT2D eigenvalue weighted by atomic mass is 35.5. The zero-order valence-electron chi connectivity index (χ0n) is 13.6. The number of rotatable bonds is 2. The molecule has 1 aromatic heterocycles. The number of thiazole rings is 1. The molecule has 3 rings (SSSR count). The predicted octanol–water partition coefficient (Wildman–Crippen LogP) is 4.07. The molecule has 0 amide bonds. The van der Waals surface area contributed by atoms with Crippen LogP contribution in [0.3, 0.4) is 0 Å². The number of aromatic nitrogens is 1. The molecule has 24 heavy (non-hydrogen) atoms. The van der Waals surface area contributed by atoms with Gasteiger partial charge in [0.1, 0.15) is 21.4 Å². The largest absolute Gasteiger partial charge is 0.744 e. The quantitative estimate of drug-likeness (QED) is 0.495. The first-order chi connectivity index (χ1) is 11.2. The van der Waals surface area contributed by atoms with E-state index in [4.69, 9.17) is 11.6 Å². The predicted molar refractivity (Wildman–Crippen MR) is 96.6 cm³/mol. The first kappa shape index (κ1) is 18.9. The maximum atomic E-state index is 10.4. The molecular formula is C17H18ClNO3S2. The second-order valence-corrected chi connectivity index (χ2v) is 8.30. The van der Waals surface area contributed by atoms with Crippen molar-refractivity contribution in [1.82, 2.24) is 0 Å². The van der Waals surface area contributed by atoms with E-state index in [0.717, 1.165) is 17.1 Å². The fourth-order valence-corrected chi connectivity index (χ4v) is 4.11. The highest BCUT2D eigenvalue weighted by molar-refractivity contribution is 7.85. The van der Waals surface area contributed by atoms with E-state index in [1.807, 2.05) is 19.1 Å². The molecule has 128 valence electrons. The second kappa shape index (κ2) is 7.61. The molecule has 0 aliphatic carbocycles. The maximum absolute atomic E-state index is 10.4. The van der Waals surface area contributed by atoms with Crippen molar-refractivity contribution in [2.75, 3.05) is 0 Å². The number of benzene rings is 2. The van der Waals surface area contributed by atoms with Gasteiger partial charge in [-0.25, -0.2) is 8.42 Å². The summed E-state index contributed by atoms with van der Waals surface area (Å²) in [5, 5.41) is 2.15. The van der Waals surface area contributed by atoms with Gasteiger partial charge in [-0.3, -0.25) is 0 Å². The lowest BCUT2D eigenvalue weighted by Crippen LogP contribution is -2.33. The molecule has 0 unspecified atom stereocenters. The van der Waals surface area contributed by atoms with Crippen molar-refractivity contribution in [1.29, 1.82) is 0 Å². The normalized spacial score (nSPS) is 11.2. The van der Waals surface area contributed by atoms with E-state index in [1.54, 1.807) is 23.5 Å². The highest BCUT2D eigenvalue weighted by Crippen LogP contribution is 2.23. The molecule has 0 spiro atoms. The molecule has 0 bridgehead atoms. The van der Waals surface area contributed by atoms with Gasteiger partial charge in [0.25, 0.3) is 0 Å². The zero-order valence-corrected chi connectivity index (χ0v) is 16.0. The van der Waals surface area contributed by atoms with Crippen LogP contribution in [-0.4, -0.2) is 13.0 Å². The Hall–Kier alpha value is -1.47. The molecule has 0 aliphatic heterocycles. The SMILES string of the molecule is CC[n+]1c(C)sc2cc(Cl)ccc21.Cc1ccc(S(=O)(=O)[O-])cc1. The molecule has 0 saturated carbocycles. The molecule has 0 aliphatic rings. The van der Waals surface area contributed by atoms with E-state index in [-0.39, 0.29) is 4.90 Å². The molecule has 0 radical (unpaired) electrons. The van der Waals surface area contributed by atoms with Gasteiger partial charge >= 0.3 is 0 Å². The number of fused-ring (bicyclic) bond motifs is 1. The summed E-state index contributed by atoms with van der Waals surface area (Å²) in [4.78, 5) is -0.178. The van der Waals surface area contributed by atoms with Crippen LogP contribution in [0.25, 0.3) is 10.2 Å². The average molecular weight is 384 g/mol. The van der Waals surface area contributed by atoms with E-state index < -0.39 is 10.1 Å². The van der Waals surface area contributed by atoms with Crippen molar-refractivity contribution in [2.24, 2.45) is 0 Å². The van der Waals surface area contributed by atoms with E-state index in [2.05, 4.69) is 24.5 Å². The Balaban J connectivity index is 0.000000177. The fraction of sp³-hybridized carbons (Fsp3) is 0.235. The van der Waals surface area contributed by atoms with Gasteiger partial charge < -0.3 is 4.55 Å². The lowest BCUT2D eigenvalue weighted by Gasteiger charge is -2.05. The van der Waals surface area contributed by atoms with Crippen molar-refractivity contribution < 1.29 is 17.5 Å². The van der Waals surface area contributed by atoms with Crippen LogP contribution in [0, 0.1) is 13.8 Å². The molecular weight excluding hydrogens is 366 g/mol. The van der Waals surface area contributed by atoms with Crippen molar-refractivity contribution >= 4 is 43.3 Å². The Morgan fingerprint density at radius 3 is 2.29 bits per heavy atom. The van der Waals surface area contributed by atoms with Crippen LogP contribution in [0.1, 0.15) is 17.5 Å². The summed E-state index contributed by atoms with van der Waals surface area (Å²) in [5.41, 5.74) is 2.21. The maximum Gasteiger partial charge on any atom is 0.235 e. The molecule has 7 heteroatoms. The minimum Gasteiger partial charge on any atom is -0.744 e. The van der Waals surface area contributed by atoms with Crippen molar-refractivity contribution in [3.63, 3.8) is 0 Å². The molecule has 0 fully saturated rings. The average Bonchev–Trinajstić information content (AvgIpc) is 2.81. The molecule has 1 heterocycles. The highest BCUT2D eigenvalue weighted by Gasteiger charge is 2.14. The van der Waals surface area contributed by atoms with Crippen molar-refractivity contribution in [3.8, 4) is 0 Å². The first-order valence-corrected chi connectivity index (χ1v) is 9.93. The van der Waals surface area contributed by atoms with Crippen LogP contribution < -0.4 is 4.57 Å². The van der Waals surface area contributed by atoms with Gasteiger partial charge in [-0.05, 0) is 38.1 Å². The minimum atomic E-state index is -4.27. The number of hydrogen-bond donors (Lipinski definition) is 0. The molecule has 0 N–H and O–H groups in total. The van der Waals surface area contributed by atoms with Crippen LogP contribution in [0.15, 0.2) is 47.4 Å². The van der Waals surface area contributed by atoms with Gasteiger partial charge in [-0.1, -0.05) is 40.6 Å². The summed E-state index contributed by atoms with van der Waals surface area (Å²) in [6.45, 7) is 7.14. The van der Waals surface area contributed by atoms with Crippen LogP contribution >= 0.6 is 22.9 Å². The van der Waals surface area contributed by atoms with Crippen LogP contribution in [-0.2, 0) is 16.7 Å². The van der Waals surface area contributed by atoms with Gasteiger partial charge in [-0.2, -0.15) is 4.57 Å². The van der Waals surface area contributed by atoms with E-state index >= 15 is 0 Å². The zero-order chi connectivity index (χ0) is 17.9. The molecule has 0 atom stereocenters. The smallest absolute Gasteiger partial charge is 0.235 e. The van der Waals surface area contributed by atoms with Crippen LogP contribution in [0.2, 0.25) is 5.02 Å². The lowest BCUT2D eigenvalue weighted by atomic mass is 10.2. The van der Waals surface area contributed by atoms with E-state index in [0.29, 0.717) is 0 Å². The second-order valence-electron chi connectivity index (χ2n) is 5.24. The molecule has 0 saturated heterocycles. The summed E-state index contributed by atoms with van der Waals surface area (Å²) in [7, 11) is -4.27. The standard InChI is InChI=1S/C10H11ClNS.C7H8O3S/c1-3-12-7(2)13-10-6-8(11)4-5-9(10)12;1-6-2-4-7(5-3-6)11(8,9)10/h4-6H,3H2,1-2H3;2-5H,1H3,(H,8,9,10)/q+1;/p-1. The number of nitrogens with zero attached hydrogens (tertiary/aromatic N) is 1. The van der Waals surface area contributed by atoms with Gasteiger partial charge in [0.15, 0.2) is 0 Å². The monoisotopic (exact) mass is 383 g/mol. The Morgan fingerprint density at radius 1 is 1.12 bits per heavy atom. The summed E-state index contributed by atoms with van der Waals surface area (Å²) in [6.07, 6.45) is 0. The Labute approximate surface area is 151 Å². The fourth-order valence-electron chi connectivity index (χ4n) is 2.27. The molecule has 2 aromatic carbocycles. The van der Waals surface area contributed by atoms with Gasteiger partial charge in [0.05, 0.1) is 4.90 Å². The third-order valence-electron chi connectivity index (χ3n) is 3.48. The Morgan fingerprint density at radius 2 is 1.75 bits per heavy atom. The van der Waals surface area contributed by atoms with Crippen LogP contribution in [0.5, 0.6) is 0 Å². The molecule has 3 aromatic rings. The third kappa shape index (κ3) is 4.54. The number of hydrogen-bond acceptors (Lipinski definition) is 4. The summed E-state index contributed by atoms with van der Waals surface area (Å²) < 4.78 is 34.7. The summed E-state index contributed by atoms with van der Waals surface area (Å²) in [6, 6.07) is 11.8. The third-order valence-corrected chi connectivity index (χ3v) is 5.62. The van der Waals surface area contributed by atoms with Gasteiger partial charge in [0.2, 0.25) is 10.5 Å². The van der Waals surface area contributed by atoms with Crippen LogP contribution in [0.4, 0.5) is 0 Å². The van der Waals surface area contributed by atoms with E-state index in [1.165, 1.54) is 27.4 Å². The van der Waals surface area contributed by atoms with Gasteiger partial charge in [0, 0.05) is 18.0 Å². The number of aryl methyl sites for hydroxylation is 3. The van der Waals surface area contributed by atoms with Gasteiger partial charge in [-0.15, -0.1) is 0 Å².